The minimum absolute atomic E-state index is 0.691. The maximum Gasteiger partial charge on any atom is -0.0142 e. The summed E-state index contributed by atoms with van der Waals surface area (Å²) in [5.41, 5.74) is 2.16. The summed E-state index contributed by atoms with van der Waals surface area (Å²) < 4.78 is 0. The lowest BCUT2D eigenvalue weighted by Gasteiger charge is -2.57. The molecule has 0 amide bonds. The van der Waals surface area contributed by atoms with Gasteiger partial charge >= 0.3 is 0 Å². The molecule has 0 aliphatic heterocycles. The SMILES string of the molecule is CCCC1C(CCC)C2(C)C3(CCC)C(CCC)C1[C@@]23C. The molecule has 0 heterocycles. The highest BCUT2D eigenvalue weighted by Gasteiger charge is 2.98. The van der Waals surface area contributed by atoms with Gasteiger partial charge < -0.3 is 0 Å². The number of rotatable bonds is 8. The summed E-state index contributed by atoms with van der Waals surface area (Å²) in [6.07, 6.45) is 11.6. The zero-order chi connectivity index (χ0) is 15.5. The first-order chi connectivity index (χ1) is 10.0. The van der Waals surface area contributed by atoms with E-state index in [0.29, 0.717) is 5.41 Å². The van der Waals surface area contributed by atoms with E-state index in [2.05, 4.69) is 41.5 Å². The molecule has 3 fully saturated rings. The van der Waals surface area contributed by atoms with Gasteiger partial charge in [0.15, 0.2) is 0 Å². The molecule has 6 unspecified atom stereocenters. The molecule has 0 aromatic heterocycles. The van der Waals surface area contributed by atoms with Crippen molar-refractivity contribution in [1.82, 2.24) is 0 Å². The van der Waals surface area contributed by atoms with Crippen LogP contribution in [0.4, 0.5) is 0 Å². The molecule has 21 heavy (non-hydrogen) atoms. The quantitative estimate of drug-likeness (QED) is 0.467. The highest BCUT2D eigenvalue weighted by molar-refractivity contribution is 5.45. The second-order valence-corrected chi connectivity index (χ2v) is 8.89. The lowest BCUT2D eigenvalue weighted by Crippen LogP contribution is -2.51. The molecule has 122 valence electrons. The fourth-order valence-corrected chi connectivity index (χ4v) is 8.61. The average molecular weight is 291 g/mol. The zero-order valence-corrected chi connectivity index (χ0v) is 15.5. The van der Waals surface area contributed by atoms with Gasteiger partial charge in [-0.3, -0.25) is 0 Å². The molecule has 0 saturated heterocycles. The van der Waals surface area contributed by atoms with Gasteiger partial charge in [0.2, 0.25) is 0 Å². The first-order valence-corrected chi connectivity index (χ1v) is 10.0. The molecule has 0 aromatic carbocycles. The van der Waals surface area contributed by atoms with E-state index < -0.39 is 0 Å². The van der Waals surface area contributed by atoms with Crippen LogP contribution in [0.5, 0.6) is 0 Å². The van der Waals surface area contributed by atoms with E-state index >= 15 is 0 Å². The van der Waals surface area contributed by atoms with E-state index in [9.17, 15) is 0 Å². The van der Waals surface area contributed by atoms with Crippen LogP contribution in [0.3, 0.4) is 0 Å². The Hall–Kier alpha value is 0. The normalized spacial score (nSPS) is 53.4. The summed E-state index contributed by atoms with van der Waals surface area (Å²) in [6, 6.07) is 0. The standard InChI is InChI=1S/C21H38/c1-7-11-15-16(12-8-2)19(5)20(6)18(15)17(13-9-3)21(19,20)14-10-4/h15-18H,7-14H2,1-6H3/t15?,16?,17?,18?,19?,20-,21?/m0/s1. The molecule has 0 N–H and O–H groups in total. The third kappa shape index (κ3) is 1.40. The molecule has 0 aromatic rings. The molecule has 0 heteroatoms. The minimum Gasteiger partial charge on any atom is -0.0654 e. The van der Waals surface area contributed by atoms with Crippen molar-refractivity contribution in [3.8, 4) is 0 Å². The Morgan fingerprint density at radius 3 is 1.76 bits per heavy atom. The van der Waals surface area contributed by atoms with Gasteiger partial charge in [-0.15, -0.1) is 0 Å². The van der Waals surface area contributed by atoms with Crippen LogP contribution in [0, 0.1) is 39.9 Å². The third-order valence-corrected chi connectivity index (χ3v) is 8.79. The lowest BCUT2D eigenvalue weighted by molar-refractivity contribution is -0.0909. The summed E-state index contributed by atoms with van der Waals surface area (Å²) in [5, 5.41) is 0. The van der Waals surface area contributed by atoms with Crippen LogP contribution in [-0.4, -0.2) is 0 Å². The molecule has 3 saturated carbocycles. The molecule has 0 radical (unpaired) electrons. The zero-order valence-electron chi connectivity index (χ0n) is 15.5. The summed E-state index contributed by atoms with van der Waals surface area (Å²) in [6.45, 7) is 15.1. The van der Waals surface area contributed by atoms with Crippen molar-refractivity contribution < 1.29 is 0 Å². The molecule has 0 spiro atoms. The van der Waals surface area contributed by atoms with Crippen LogP contribution in [0.2, 0.25) is 0 Å². The smallest absolute Gasteiger partial charge is 0.0142 e. The predicted octanol–water partition coefficient (Wildman–Crippen LogP) is 6.69. The van der Waals surface area contributed by atoms with Crippen molar-refractivity contribution >= 4 is 0 Å². The highest BCUT2D eigenvalue weighted by Crippen LogP contribution is 3.02. The van der Waals surface area contributed by atoms with E-state index in [1.165, 1.54) is 51.4 Å². The average Bonchev–Trinajstić information content (AvgIpc) is 2.73. The van der Waals surface area contributed by atoms with Gasteiger partial charge in [0.05, 0.1) is 0 Å². The van der Waals surface area contributed by atoms with Crippen LogP contribution >= 0.6 is 0 Å². The van der Waals surface area contributed by atoms with E-state index in [0.717, 1.165) is 34.5 Å². The Bertz CT molecular complexity index is 391. The molecule has 3 rings (SSSR count). The Kier molecular flexibility index (Phi) is 3.78. The van der Waals surface area contributed by atoms with E-state index in [4.69, 9.17) is 0 Å². The van der Waals surface area contributed by atoms with Crippen LogP contribution in [-0.2, 0) is 0 Å². The van der Waals surface area contributed by atoms with E-state index in [1.54, 1.807) is 0 Å². The molecule has 0 nitrogen and oxygen atoms in total. The van der Waals surface area contributed by atoms with Crippen molar-refractivity contribution in [3.63, 3.8) is 0 Å². The summed E-state index contributed by atoms with van der Waals surface area (Å²) in [5.74, 6) is 4.24. The molecule has 3 aliphatic carbocycles. The second-order valence-electron chi connectivity index (χ2n) is 8.89. The number of hydrogen-bond acceptors (Lipinski definition) is 0. The Balaban J connectivity index is 1.96. The Labute approximate surface area is 133 Å². The molecular formula is C21H38. The van der Waals surface area contributed by atoms with E-state index in [-0.39, 0.29) is 0 Å². The molecule has 7 atom stereocenters. The van der Waals surface area contributed by atoms with Gasteiger partial charge in [-0.25, -0.2) is 0 Å². The molecule has 0 bridgehead atoms. The largest absolute Gasteiger partial charge is 0.0654 e. The van der Waals surface area contributed by atoms with Crippen molar-refractivity contribution in [2.24, 2.45) is 39.9 Å². The van der Waals surface area contributed by atoms with E-state index in [1.807, 2.05) is 0 Å². The van der Waals surface area contributed by atoms with Gasteiger partial charge in [0.25, 0.3) is 0 Å². The van der Waals surface area contributed by atoms with Crippen LogP contribution in [0.25, 0.3) is 0 Å². The lowest BCUT2D eigenvalue weighted by atomic mass is 9.48. The Morgan fingerprint density at radius 1 is 0.667 bits per heavy atom. The summed E-state index contributed by atoms with van der Waals surface area (Å²) in [4.78, 5) is 0. The van der Waals surface area contributed by atoms with Gasteiger partial charge in [0, 0.05) is 0 Å². The predicted molar refractivity (Wildman–Crippen MR) is 92.2 cm³/mol. The Morgan fingerprint density at radius 2 is 1.24 bits per heavy atom. The molecule has 3 aliphatic rings. The number of fused-ring (bicyclic) bond motifs is 1. The van der Waals surface area contributed by atoms with Crippen LogP contribution in [0.1, 0.15) is 92.9 Å². The number of hydrogen-bond donors (Lipinski definition) is 0. The summed E-state index contributed by atoms with van der Waals surface area (Å²) in [7, 11) is 0. The van der Waals surface area contributed by atoms with Crippen molar-refractivity contribution in [1.29, 1.82) is 0 Å². The first kappa shape index (κ1) is 15.9. The van der Waals surface area contributed by atoms with Gasteiger partial charge in [-0.2, -0.15) is 0 Å². The molecular weight excluding hydrogens is 252 g/mol. The first-order valence-electron chi connectivity index (χ1n) is 10.0. The maximum atomic E-state index is 2.72. The second kappa shape index (κ2) is 5.00. The monoisotopic (exact) mass is 290 g/mol. The fraction of sp³-hybridized carbons (Fsp3) is 1.00. The fourth-order valence-electron chi connectivity index (χ4n) is 8.61. The van der Waals surface area contributed by atoms with Crippen LogP contribution in [0.15, 0.2) is 0 Å². The third-order valence-electron chi connectivity index (χ3n) is 8.79. The van der Waals surface area contributed by atoms with Gasteiger partial charge in [-0.1, -0.05) is 73.6 Å². The topological polar surface area (TPSA) is 0 Å². The van der Waals surface area contributed by atoms with Gasteiger partial charge in [-0.05, 0) is 59.2 Å². The minimum atomic E-state index is 0.691. The van der Waals surface area contributed by atoms with Crippen molar-refractivity contribution in [2.75, 3.05) is 0 Å². The highest BCUT2D eigenvalue weighted by atomic mass is 15.0. The summed E-state index contributed by atoms with van der Waals surface area (Å²) >= 11 is 0. The van der Waals surface area contributed by atoms with Crippen molar-refractivity contribution in [2.45, 2.75) is 92.9 Å². The van der Waals surface area contributed by atoms with Crippen molar-refractivity contribution in [3.05, 3.63) is 0 Å². The maximum absolute atomic E-state index is 2.72. The van der Waals surface area contributed by atoms with Gasteiger partial charge in [0.1, 0.15) is 0 Å². The van der Waals surface area contributed by atoms with Crippen LogP contribution < -0.4 is 0 Å².